The maximum atomic E-state index is 11.6. The molecule has 1 unspecified atom stereocenters. The van der Waals surface area contributed by atoms with E-state index in [1.54, 1.807) is 23.6 Å². The van der Waals surface area contributed by atoms with Gasteiger partial charge >= 0.3 is 5.97 Å². The number of carbonyl (C=O) groups excluding carboxylic acids is 1. The molecule has 0 bridgehead atoms. The molecule has 2 rings (SSSR count). The van der Waals surface area contributed by atoms with Gasteiger partial charge in [0.05, 0.1) is 11.6 Å². The van der Waals surface area contributed by atoms with Gasteiger partial charge in [-0.2, -0.15) is 0 Å². The van der Waals surface area contributed by atoms with Gasteiger partial charge in [-0.3, -0.25) is 0 Å². The lowest BCUT2D eigenvalue weighted by Crippen LogP contribution is -2.10. The summed E-state index contributed by atoms with van der Waals surface area (Å²) in [6, 6.07) is 0. The molecule has 1 aliphatic heterocycles. The van der Waals surface area contributed by atoms with E-state index in [1.165, 1.54) is 6.42 Å². The van der Waals surface area contributed by atoms with Crippen LogP contribution in [0.4, 0.5) is 0 Å². The van der Waals surface area contributed by atoms with Gasteiger partial charge < -0.3 is 9.47 Å². The third kappa shape index (κ3) is 3.53. The highest BCUT2D eigenvalue weighted by Gasteiger charge is 2.19. The predicted octanol–water partition coefficient (Wildman–Crippen LogP) is 2.99. The molecule has 4 nitrogen and oxygen atoms in total. The first-order valence-electron chi connectivity index (χ1n) is 6.51. The minimum absolute atomic E-state index is 0.318. The lowest BCUT2D eigenvalue weighted by Gasteiger charge is -2.17. The summed E-state index contributed by atoms with van der Waals surface area (Å²) in [6.45, 7) is 3.86. The molecule has 0 saturated carbocycles. The van der Waals surface area contributed by atoms with Gasteiger partial charge in [-0.15, -0.1) is 11.3 Å². The topological polar surface area (TPSA) is 48.4 Å². The van der Waals surface area contributed by atoms with Gasteiger partial charge in [-0.25, -0.2) is 9.78 Å². The lowest BCUT2D eigenvalue weighted by atomic mass is 9.98. The summed E-state index contributed by atoms with van der Waals surface area (Å²) < 4.78 is 10.5. The van der Waals surface area contributed by atoms with E-state index in [0.29, 0.717) is 18.2 Å². The van der Waals surface area contributed by atoms with Gasteiger partial charge in [0.1, 0.15) is 0 Å². The van der Waals surface area contributed by atoms with E-state index in [1.807, 2.05) is 0 Å². The number of thiazole rings is 1. The SMILES string of the molecule is CCOC(=O)c1csc(C2CCCCOCC2)n1. The summed E-state index contributed by atoms with van der Waals surface area (Å²) >= 11 is 1.56. The van der Waals surface area contributed by atoms with Crippen LogP contribution >= 0.6 is 11.3 Å². The number of carbonyl (C=O) groups is 1. The van der Waals surface area contributed by atoms with Crippen LogP contribution in [0.25, 0.3) is 0 Å². The minimum Gasteiger partial charge on any atom is -0.461 e. The summed E-state index contributed by atoms with van der Waals surface area (Å²) in [7, 11) is 0. The summed E-state index contributed by atoms with van der Waals surface area (Å²) in [4.78, 5) is 16.0. The number of hydrogen-bond donors (Lipinski definition) is 0. The molecular weight excluding hydrogens is 250 g/mol. The number of esters is 1. The van der Waals surface area contributed by atoms with Crippen molar-refractivity contribution >= 4 is 17.3 Å². The second kappa shape index (κ2) is 6.85. The van der Waals surface area contributed by atoms with Crippen LogP contribution in [0.2, 0.25) is 0 Å². The first kappa shape index (κ1) is 13.5. The average Bonchev–Trinajstić information content (AvgIpc) is 2.78. The highest BCUT2D eigenvalue weighted by Crippen LogP contribution is 2.29. The Bertz CT molecular complexity index is 383. The number of rotatable bonds is 3. The van der Waals surface area contributed by atoms with Crippen LogP contribution in [0.15, 0.2) is 5.38 Å². The molecule has 18 heavy (non-hydrogen) atoms. The fraction of sp³-hybridized carbons (Fsp3) is 0.692. The minimum atomic E-state index is -0.318. The zero-order valence-electron chi connectivity index (χ0n) is 10.7. The second-order valence-electron chi connectivity index (χ2n) is 4.39. The van der Waals surface area contributed by atoms with E-state index in [4.69, 9.17) is 9.47 Å². The summed E-state index contributed by atoms with van der Waals surface area (Å²) in [6.07, 6.45) is 4.42. The third-order valence-corrected chi connectivity index (χ3v) is 4.06. The molecule has 0 amide bonds. The van der Waals surface area contributed by atoms with Crippen LogP contribution in [-0.2, 0) is 9.47 Å². The average molecular weight is 269 g/mol. The Labute approximate surface area is 111 Å². The summed E-state index contributed by atoms with van der Waals surface area (Å²) in [5.74, 6) is 0.112. The molecule has 100 valence electrons. The number of nitrogens with zero attached hydrogens (tertiary/aromatic N) is 1. The van der Waals surface area contributed by atoms with E-state index in [0.717, 1.165) is 37.5 Å². The highest BCUT2D eigenvalue weighted by molar-refractivity contribution is 7.09. The van der Waals surface area contributed by atoms with Crippen LogP contribution in [0.5, 0.6) is 0 Å². The molecule has 0 aliphatic carbocycles. The molecule has 0 radical (unpaired) electrons. The molecule has 5 heteroatoms. The Hall–Kier alpha value is -0.940. The zero-order valence-corrected chi connectivity index (χ0v) is 11.5. The Morgan fingerprint density at radius 3 is 3.22 bits per heavy atom. The van der Waals surface area contributed by atoms with Crippen molar-refractivity contribution < 1.29 is 14.3 Å². The van der Waals surface area contributed by atoms with Crippen LogP contribution in [0.1, 0.15) is 54.0 Å². The third-order valence-electron chi connectivity index (χ3n) is 3.06. The molecule has 1 aromatic rings. The van der Waals surface area contributed by atoms with Crippen LogP contribution < -0.4 is 0 Å². The first-order chi connectivity index (χ1) is 8.81. The Balaban J connectivity index is 2.01. The number of hydrogen-bond acceptors (Lipinski definition) is 5. The molecule has 0 spiro atoms. The van der Waals surface area contributed by atoms with Crippen LogP contribution in [0.3, 0.4) is 0 Å². The van der Waals surface area contributed by atoms with Crippen molar-refractivity contribution in [3.05, 3.63) is 16.1 Å². The molecular formula is C13H19NO3S. The Morgan fingerprint density at radius 1 is 1.50 bits per heavy atom. The number of ether oxygens (including phenoxy) is 2. The molecule has 1 saturated heterocycles. The Kier molecular flexibility index (Phi) is 5.13. The van der Waals surface area contributed by atoms with Gasteiger partial charge in [0.2, 0.25) is 0 Å². The van der Waals surface area contributed by atoms with E-state index in [2.05, 4.69) is 4.98 Å². The van der Waals surface area contributed by atoms with Crippen LogP contribution in [-0.4, -0.2) is 30.8 Å². The highest BCUT2D eigenvalue weighted by atomic mass is 32.1. The van der Waals surface area contributed by atoms with E-state index >= 15 is 0 Å². The predicted molar refractivity (Wildman–Crippen MR) is 70.1 cm³/mol. The smallest absolute Gasteiger partial charge is 0.357 e. The lowest BCUT2D eigenvalue weighted by molar-refractivity contribution is 0.0520. The standard InChI is InChI=1S/C13H19NO3S/c1-2-17-13(15)11-9-18-12(14-11)10-5-3-4-7-16-8-6-10/h9-10H,2-8H2,1H3. The van der Waals surface area contributed by atoms with E-state index < -0.39 is 0 Å². The van der Waals surface area contributed by atoms with E-state index in [9.17, 15) is 4.79 Å². The van der Waals surface area contributed by atoms with Crippen molar-refractivity contribution in [1.82, 2.24) is 4.98 Å². The fourth-order valence-electron chi connectivity index (χ4n) is 2.09. The van der Waals surface area contributed by atoms with Crippen molar-refractivity contribution in [2.24, 2.45) is 0 Å². The van der Waals surface area contributed by atoms with Crippen molar-refractivity contribution in [2.45, 2.75) is 38.5 Å². The molecule has 1 aliphatic rings. The Morgan fingerprint density at radius 2 is 2.39 bits per heavy atom. The summed E-state index contributed by atoms with van der Waals surface area (Å²) in [5, 5.41) is 2.84. The number of aromatic nitrogens is 1. The normalized spacial score (nSPS) is 21.1. The largest absolute Gasteiger partial charge is 0.461 e. The molecule has 1 fully saturated rings. The fourth-order valence-corrected chi connectivity index (χ4v) is 3.05. The van der Waals surface area contributed by atoms with Crippen LogP contribution in [0, 0.1) is 0 Å². The van der Waals surface area contributed by atoms with Gasteiger partial charge in [0.15, 0.2) is 5.69 Å². The van der Waals surface area contributed by atoms with Crippen molar-refractivity contribution in [3.8, 4) is 0 Å². The van der Waals surface area contributed by atoms with Gasteiger partial charge in [0, 0.05) is 24.5 Å². The first-order valence-corrected chi connectivity index (χ1v) is 7.39. The van der Waals surface area contributed by atoms with Gasteiger partial charge in [-0.05, 0) is 26.2 Å². The molecule has 1 aromatic heterocycles. The monoisotopic (exact) mass is 269 g/mol. The van der Waals surface area contributed by atoms with Crippen molar-refractivity contribution in [1.29, 1.82) is 0 Å². The maximum absolute atomic E-state index is 11.6. The quantitative estimate of drug-likeness (QED) is 0.791. The molecule has 1 atom stereocenters. The molecule has 0 aromatic carbocycles. The van der Waals surface area contributed by atoms with E-state index in [-0.39, 0.29) is 5.97 Å². The van der Waals surface area contributed by atoms with Gasteiger partial charge in [0.25, 0.3) is 0 Å². The second-order valence-corrected chi connectivity index (χ2v) is 5.27. The molecule has 2 heterocycles. The van der Waals surface area contributed by atoms with Gasteiger partial charge in [-0.1, -0.05) is 6.42 Å². The zero-order chi connectivity index (χ0) is 12.8. The molecule has 0 N–H and O–H groups in total. The van der Waals surface area contributed by atoms with Crippen molar-refractivity contribution in [3.63, 3.8) is 0 Å². The van der Waals surface area contributed by atoms with Crippen molar-refractivity contribution in [2.75, 3.05) is 19.8 Å². The maximum Gasteiger partial charge on any atom is 0.357 e. The summed E-state index contributed by atoms with van der Waals surface area (Å²) in [5.41, 5.74) is 0.444.